The average Bonchev–Trinajstić information content (AvgIpc) is 2.32. The molecule has 0 amide bonds. The van der Waals surface area contributed by atoms with E-state index in [4.69, 9.17) is 0 Å². The zero-order chi connectivity index (χ0) is 12.6. The van der Waals surface area contributed by atoms with Gasteiger partial charge in [-0.1, -0.05) is 0 Å². The molecule has 88 valence electrons. The zero-order valence-electron chi connectivity index (χ0n) is 8.71. The Labute approximate surface area is 94.1 Å². The average molecular weight is 239 g/mol. The third-order valence-corrected chi connectivity index (χ3v) is 2.26. The molecule has 0 saturated heterocycles. The normalized spacial score (nSPS) is 10.5. The number of rotatable bonds is 3. The second-order valence-corrected chi connectivity index (χ2v) is 3.32. The van der Waals surface area contributed by atoms with Crippen LogP contribution in [0.5, 0.6) is 5.75 Å². The van der Waals surface area contributed by atoms with E-state index in [0.717, 1.165) is 12.1 Å². The van der Waals surface area contributed by atoms with Crippen LogP contribution in [0.1, 0.15) is 0 Å². The zero-order valence-corrected chi connectivity index (χ0v) is 8.71. The van der Waals surface area contributed by atoms with Gasteiger partial charge in [-0.2, -0.15) is 0 Å². The van der Waals surface area contributed by atoms with Crippen LogP contribution in [-0.4, -0.2) is 7.11 Å². The van der Waals surface area contributed by atoms with Crippen LogP contribution >= 0.6 is 0 Å². The van der Waals surface area contributed by atoms with Crippen LogP contribution in [0.15, 0.2) is 27.8 Å². The predicted molar refractivity (Wildman–Crippen MR) is 57.5 cm³/mol. The van der Waals surface area contributed by atoms with Crippen LogP contribution in [0.3, 0.4) is 0 Å². The summed E-state index contributed by atoms with van der Waals surface area (Å²) in [6, 6.07) is 3.04. The van der Waals surface area contributed by atoms with Gasteiger partial charge in [-0.15, -0.1) is 0 Å². The van der Waals surface area contributed by atoms with Crippen LogP contribution in [0.4, 0.5) is 20.2 Å². The van der Waals surface area contributed by atoms with Gasteiger partial charge in [-0.3, -0.25) is 9.59 Å². The second kappa shape index (κ2) is 3.97. The molecule has 0 unspecified atom stereocenters. The summed E-state index contributed by atoms with van der Waals surface area (Å²) >= 11 is 0. The van der Waals surface area contributed by atoms with Gasteiger partial charge in [-0.25, -0.2) is 8.78 Å². The van der Waals surface area contributed by atoms with Gasteiger partial charge in [0.25, 0.3) is 10.9 Å². The molecule has 0 aliphatic rings. The molecule has 17 heavy (non-hydrogen) atoms. The minimum atomic E-state index is -1.05. The Morgan fingerprint density at radius 2 is 1.82 bits per heavy atom. The van der Waals surface area contributed by atoms with Crippen molar-refractivity contribution in [3.05, 3.63) is 50.3 Å². The first kappa shape index (κ1) is 11.3. The van der Waals surface area contributed by atoms with E-state index >= 15 is 0 Å². The summed E-state index contributed by atoms with van der Waals surface area (Å²) < 4.78 is 30.2. The molecule has 6 heteroatoms. The Balaban J connectivity index is 2.33. The van der Waals surface area contributed by atoms with E-state index in [-0.39, 0.29) is 17.1 Å². The van der Waals surface area contributed by atoms with Crippen molar-refractivity contribution in [3.63, 3.8) is 0 Å². The summed E-state index contributed by atoms with van der Waals surface area (Å²) in [6.45, 7) is 0. The van der Waals surface area contributed by atoms with Crippen molar-refractivity contribution in [2.45, 2.75) is 0 Å². The van der Waals surface area contributed by atoms with E-state index < -0.39 is 22.5 Å². The molecule has 0 spiro atoms. The predicted octanol–water partition coefficient (Wildman–Crippen LogP) is 1.31. The topological polar surface area (TPSA) is 55.4 Å². The number of hydrogen-bond donors (Lipinski definition) is 1. The molecule has 0 atom stereocenters. The first-order valence-electron chi connectivity index (χ1n) is 4.64. The number of methoxy groups -OCH3 is 1. The molecule has 0 radical (unpaired) electrons. The van der Waals surface area contributed by atoms with Crippen molar-refractivity contribution in [3.8, 4) is 5.75 Å². The van der Waals surface area contributed by atoms with Gasteiger partial charge >= 0.3 is 0 Å². The third kappa shape index (κ3) is 1.77. The molecule has 2 aromatic rings. The van der Waals surface area contributed by atoms with E-state index in [1.165, 1.54) is 13.2 Å². The molecule has 0 aliphatic carbocycles. The van der Waals surface area contributed by atoms with Crippen LogP contribution < -0.4 is 20.9 Å². The van der Waals surface area contributed by atoms with Gasteiger partial charge in [0.1, 0.15) is 5.69 Å². The number of nitrogens with one attached hydrogen (secondary N) is 1. The van der Waals surface area contributed by atoms with E-state index in [9.17, 15) is 18.4 Å². The summed E-state index contributed by atoms with van der Waals surface area (Å²) in [5.74, 6) is -2.15. The van der Waals surface area contributed by atoms with Gasteiger partial charge in [0.2, 0.25) is 0 Å². The Kier molecular flexibility index (Phi) is 2.63. The van der Waals surface area contributed by atoms with E-state index in [0.29, 0.717) is 0 Å². The molecule has 0 saturated carbocycles. The highest BCUT2D eigenvalue weighted by molar-refractivity contribution is 5.69. The first-order valence-corrected chi connectivity index (χ1v) is 4.64. The lowest BCUT2D eigenvalue weighted by atomic mass is 10.2. The number of hydrogen-bond acceptors (Lipinski definition) is 4. The van der Waals surface area contributed by atoms with Crippen molar-refractivity contribution >= 4 is 11.4 Å². The van der Waals surface area contributed by atoms with Crippen LogP contribution in [0.2, 0.25) is 0 Å². The molecule has 0 aromatic heterocycles. The van der Waals surface area contributed by atoms with Crippen molar-refractivity contribution in [1.29, 1.82) is 0 Å². The van der Waals surface area contributed by atoms with Gasteiger partial charge < -0.3 is 10.1 Å². The smallest absolute Gasteiger partial charge is 0.272 e. The van der Waals surface area contributed by atoms with Crippen LogP contribution in [-0.2, 0) is 0 Å². The Hall–Kier alpha value is -2.24. The number of anilines is 2. The Morgan fingerprint density at radius 3 is 2.41 bits per heavy atom. The summed E-state index contributed by atoms with van der Waals surface area (Å²) in [5, 5.41) is 2.51. The van der Waals surface area contributed by atoms with Gasteiger partial charge in [0, 0.05) is 11.8 Å². The number of halogens is 2. The highest BCUT2D eigenvalue weighted by Gasteiger charge is 2.21. The fourth-order valence-electron chi connectivity index (χ4n) is 1.40. The number of benzene rings is 1. The minimum absolute atomic E-state index is 0.0523. The molecule has 0 bridgehead atoms. The molecule has 2 aromatic carbocycles. The Morgan fingerprint density at radius 1 is 1.12 bits per heavy atom. The molecule has 4 nitrogen and oxygen atoms in total. The standard InChI is InChI=1S/C11H7F2NO3/c1-17-11-8(9(15)10(11)16)14-5-2-3-6(12)7(13)4-5/h2-4,14H,1H3. The molecular weight excluding hydrogens is 232 g/mol. The van der Waals surface area contributed by atoms with Crippen molar-refractivity contribution in [2.75, 3.05) is 12.4 Å². The highest BCUT2D eigenvalue weighted by atomic mass is 19.2. The molecule has 0 aliphatic heterocycles. The maximum atomic E-state index is 12.9. The summed E-state index contributed by atoms with van der Waals surface area (Å²) in [7, 11) is 1.24. The summed E-state index contributed by atoms with van der Waals surface area (Å²) in [6.07, 6.45) is 0. The lowest BCUT2D eigenvalue weighted by molar-refractivity contribution is 0.408. The van der Waals surface area contributed by atoms with Gasteiger partial charge in [-0.05, 0) is 12.1 Å². The summed E-state index contributed by atoms with van der Waals surface area (Å²) in [5.41, 5.74) is -1.37. The quantitative estimate of drug-likeness (QED) is 0.820. The van der Waals surface area contributed by atoms with Crippen molar-refractivity contribution < 1.29 is 13.5 Å². The van der Waals surface area contributed by atoms with Crippen molar-refractivity contribution in [1.82, 2.24) is 0 Å². The third-order valence-electron chi connectivity index (χ3n) is 2.26. The van der Waals surface area contributed by atoms with E-state index in [1.54, 1.807) is 0 Å². The minimum Gasteiger partial charge on any atom is -0.491 e. The summed E-state index contributed by atoms with van der Waals surface area (Å²) in [4.78, 5) is 22.2. The Bertz CT molecular complexity index is 644. The molecule has 2 rings (SSSR count). The maximum Gasteiger partial charge on any atom is 0.272 e. The largest absolute Gasteiger partial charge is 0.491 e. The van der Waals surface area contributed by atoms with Gasteiger partial charge in [0.15, 0.2) is 17.4 Å². The first-order chi connectivity index (χ1) is 8.04. The lowest BCUT2D eigenvalue weighted by Gasteiger charge is -2.11. The fourth-order valence-corrected chi connectivity index (χ4v) is 1.40. The fraction of sp³-hybridized carbons (Fsp3) is 0.0909. The number of ether oxygens (including phenoxy) is 1. The molecule has 1 N–H and O–H groups in total. The van der Waals surface area contributed by atoms with Crippen LogP contribution in [0, 0.1) is 11.6 Å². The second-order valence-electron chi connectivity index (χ2n) is 3.32. The SMILES string of the molecule is COc1c(Nc2ccc(F)c(F)c2)c(=O)c1=O. The molecule has 0 heterocycles. The van der Waals surface area contributed by atoms with Gasteiger partial charge in [0.05, 0.1) is 7.11 Å². The van der Waals surface area contributed by atoms with Crippen LogP contribution in [0.25, 0.3) is 0 Å². The van der Waals surface area contributed by atoms with E-state index in [1.807, 2.05) is 0 Å². The molecular formula is C11H7F2NO3. The monoisotopic (exact) mass is 239 g/mol. The maximum absolute atomic E-state index is 12.9. The highest BCUT2D eigenvalue weighted by Crippen LogP contribution is 2.23. The van der Waals surface area contributed by atoms with Crippen molar-refractivity contribution in [2.24, 2.45) is 0 Å². The van der Waals surface area contributed by atoms with E-state index in [2.05, 4.69) is 10.1 Å². The molecule has 0 fully saturated rings. The lowest BCUT2D eigenvalue weighted by Crippen LogP contribution is -2.34.